The van der Waals surface area contributed by atoms with Gasteiger partial charge in [0, 0.05) is 6.42 Å². The van der Waals surface area contributed by atoms with Crippen LogP contribution in [0.3, 0.4) is 0 Å². The summed E-state index contributed by atoms with van der Waals surface area (Å²) in [6.45, 7) is 0. The van der Waals surface area contributed by atoms with Crippen LogP contribution in [0.15, 0.2) is 36.4 Å². The second kappa shape index (κ2) is 10.8. The largest absolute Gasteiger partial charge is 0.303 e. The lowest BCUT2D eigenvalue weighted by Crippen LogP contribution is -1.80. The normalized spacial score (nSPS) is 10.9. The Morgan fingerprint density at radius 1 is 0.778 bits per heavy atom. The molecule has 1 nitrogen and oxygen atoms in total. The van der Waals surface area contributed by atoms with E-state index in [4.69, 9.17) is 0 Å². The molecule has 0 aliphatic rings. The Kier molecular flexibility index (Phi) is 8.78. The van der Waals surface area contributed by atoms with Crippen molar-refractivity contribution < 1.29 is 4.79 Å². The fraction of sp³-hybridized carbons (Fsp3) is 0.471. The van der Waals surface area contributed by atoms with Gasteiger partial charge in [0.1, 0.15) is 6.29 Å². The van der Waals surface area contributed by atoms with Gasteiger partial charge >= 0.3 is 0 Å². The van der Waals surface area contributed by atoms with Crippen molar-refractivity contribution in [2.24, 2.45) is 0 Å². The lowest BCUT2D eigenvalue weighted by molar-refractivity contribution is -0.107. The van der Waals surface area contributed by atoms with Gasteiger partial charge in [0.05, 0.1) is 0 Å². The molecule has 0 spiro atoms. The van der Waals surface area contributed by atoms with E-state index in [9.17, 15) is 4.79 Å². The quantitative estimate of drug-likeness (QED) is 0.417. The van der Waals surface area contributed by atoms with E-state index in [0.717, 1.165) is 19.1 Å². The van der Waals surface area contributed by atoms with Crippen molar-refractivity contribution in [3.63, 3.8) is 0 Å². The van der Waals surface area contributed by atoms with E-state index in [2.05, 4.69) is 36.4 Å². The van der Waals surface area contributed by atoms with Gasteiger partial charge in [0.15, 0.2) is 0 Å². The summed E-state index contributed by atoms with van der Waals surface area (Å²) in [5, 5.41) is 0. The number of hydrogen-bond acceptors (Lipinski definition) is 1. The predicted octanol–water partition coefficient (Wildman–Crippen LogP) is 5.02. The summed E-state index contributed by atoms with van der Waals surface area (Å²) in [5.74, 6) is 0. The molecule has 1 rings (SSSR count). The number of unbranched alkanes of at least 4 members (excludes halogenated alkanes) is 7. The third-order valence-corrected chi connectivity index (χ3v) is 3.05. The summed E-state index contributed by atoms with van der Waals surface area (Å²) in [7, 11) is 0. The number of carbonyl (C=O) groups is 1. The molecule has 1 heteroatoms. The van der Waals surface area contributed by atoms with Gasteiger partial charge in [-0.1, -0.05) is 68.2 Å². The summed E-state index contributed by atoms with van der Waals surface area (Å²) >= 11 is 0. The van der Waals surface area contributed by atoms with E-state index in [1.165, 1.54) is 44.1 Å². The van der Waals surface area contributed by atoms with Gasteiger partial charge in [-0.25, -0.2) is 0 Å². The monoisotopic (exact) mass is 244 g/mol. The fourth-order valence-electron chi connectivity index (χ4n) is 1.98. The first kappa shape index (κ1) is 14.7. The molecule has 0 unspecified atom stereocenters. The second-order valence-corrected chi connectivity index (χ2v) is 4.68. The van der Waals surface area contributed by atoms with Crippen molar-refractivity contribution in [2.45, 2.75) is 51.4 Å². The molecule has 0 bridgehead atoms. The maximum atomic E-state index is 10.1. The molecule has 0 atom stereocenters. The number of aldehydes is 1. The van der Waals surface area contributed by atoms with Gasteiger partial charge in [0.25, 0.3) is 0 Å². The molecule has 1 aromatic rings. The molecule has 0 radical (unpaired) electrons. The van der Waals surface area contributed by atoms with Crippen LogP contribution in [0.5, 0.6) is 0 Å². The summed E-state index contributed by atoms with van der Waals surface area (Å²) in [4.78, 5) is 10.1. The van der Waals surface area contributed by atoms with E-state index in [-0.39, 0.29) is 0 Å². The molecule has 0 aliphatic heterocycles. The standard InChI is InChI=1S/C17H24O/c18-16-12-7-5-3-1-2-4-6-9-13-17-14-10-8-11-15-17/h8-11,13-16H,1-7,12H2/b13-9+. The first-order valence-electron chi connectivity index (χ1n) is 7.08. The average Bonchev–Trinajstić information content (AvgIpc) is 2.42. The minimum Gasteiger partial charge on any atom is -0.303 e. The Labute approximate surface area is 111 Å². The number of benzene rings is 1. The van der Waals surface area contributed by atoms with Gasteiger partial charge < -0.3 is 4.79 Å². The van der Waals surface area contributed by atoms with Crippen LogP contribution in [0.25, 0.3) is 6.08 Å². The summed E-state index contributed by atoms with van der Waals surface area (Å²) < 4.78 is 0. The fourth-order valence-corrected chi connectivity index (χ4v) is 1.98. The van der Waals surface area contributed by atoms with Crippen molar-refractivity contribution in [1.82, 2.24) is 0 Å². The van der Waals surface area contributed by atoms with E-state index in [1.807, 2.05) is 6.07 Å². The van der Waals surface area contributed by atoms with Crippen LogP contribution >= 0.6 is 0 Å². The highest BCUT2D eigenvalue weighted by molar-refractivity contribution is 5.49. The summed E-state index contributed by atoms with van der Waals surface area (Å²) in [6.07, 6.45) is 14.8. The smallest absolute Gasteiger partial charge is 0.119 e. The van der Waals surface area contributed by atoms with E-state index >= 15 is 0 Å². The van der Waals surface area contributed by atoms with Crippen molar-refractivity contribution >= 4 is 12.4 Å². The molecule has 0 amide bonds. The molecule has 98 valence electrons. The maximum Gasteiger partial charge on any atom is 0.119 e. The highest BCUT2D eigenvalue weighted by atomic mass is 16.1. The molecule has 0 saturated heterocycles. The molecule has 18 heavy (non-hydrogen) atoms. The SMILES string of the molecule is O=CCCCCCCCC/C=C/c1ccccc1. The lowest BCUT2D eigenvalue weighted by Gasteiger charge is -1.98. The maximum absolute atomic E-state index is 10.1. The van der Waals surface area contributed by atoms with Crippen LogP contribution < -0.4 is 0 Å². The molecule has 1 aromatic carbocycles. The molecular formula is C17H24O. The zero-order chi connectivity index (χ0) is 12.9. The van der Waals surface area contributed by atoms with Crippen LogP contribution in [0.1, 0.15) is 56.9 Å². The van der Waals surface area contributed by atoms with Crippen molar-refractivity contribution in [1.29, 1.82) is 0 Å². The van der Waals surface area contributed by atoms with E-state index < -0.39 is 0 Å². The van der Waals surface area contributed by atoms with Gasteiger partial charge in [-0.05, 0) is 24.8 Å². The lowest BCUT2D eigenvalue weighted by atomic mass is 10.1. The van der Waals surface area contributed by atoms with Crippen LogP contribution in [0.4, 0.5) is 0 Å². The molecule has 0 saturated carbocycles. The molecule has 0 heterocycles. The number of allylic oxidation sites excluding steroid dienone is 1. The third kappa shape index (κ3) is 7.83. The highest BCUT2D eigenvalue weighted by Gasteiger charge is 1.90. The Balaban J connectivity index is 1.92. The zero-order valence-electron chi connectivity index (χ0n) is 11.2. The summed E-state index contributed by atoms with van der Waals surface area (Å²) in [6, 6.07) is 10.4. The van der Waals surface area contributed by atoms with Gasteiger partial charge in [-0.15, -0.1) is 0 Å². The molecule has 0 aromatic heterocycles. The average molecular weight is 244 g/mol. The number of carbonyl (C=O) groups excluding carboxylic acids is 1. The Morgan fingerprint density at radius 3 is 2.06 bits per heavy atom. The zero-order valence-corrected chi connectivity index (χ0v) is 11.2. The Bertz CT molecular complexity index is 327. The number of hydrogen-bond donors (Lipinski definition) is 0. The van der Waals surface area contributed by atoms with Gasteiger partial charge in [-0.2, -0.15) is 0 Å². The first-order chi connectivity index (χ1) is 8.93. The molecule has 0 aliphatic carbocycles. The van der Waals surface area contributed by atoms with Crippen molar-refractivity contribution in [2.75, 3.05) is 0 Å². The first-order valence-corrected chi connectivity index (χ1v) is 7.08. The molecule has 0 fully saturated rings. The Morgan fingerprint density at radius 2 is 1.39 bits per heavy atom. The summed E-state index contributed by atoms with van der Waals surface area (Å²) in [5.41, 5.74) is 1.28. The van der Waals surface area contributed by atoms with Crippen LogP contribution in [-0.2, 0) is 4.79 Å². The van der Waals surface area contributed by atoms with Gasteiger partial charge in [-0.3, -0.25) is 0 Å². The van der Waals surface area contributed by atoms with Crippen LogP contribution in [0, 0.1) is 0 Å². The third-order valence-electron chi connectivity index (χ3n) is 3.05. The molecular weight excluding hydrogens is 220 g/mol. The van der Waals surface area contributed by atoms with Crippen molar-refractivity contribution in [3.8, 4) is 0 Å². The van der Waals surface area contributed by atoms with Gasteiger partial charge in [0.2, 0.25) is 0 Å². The van der Waals surface area contributed by atoms with Crippen molar-refractivity contribution in [3.05, 3.63) is 42.0 Å². The topological polar surface area (TPSA) is 17.1 Å². The second-order valence-electron chi connectivity index (χ2n) is 4.68. The molecule has 0 N–H and O–H groups in total. The van der Waals surface area contributed by atoms with Crippen LogP contribution in [0.2, 0.25) is 0 Å². The number of rotatable bonds is 10. The van der Waals surface area contributed by atoms with Crippen LogP contribution in [-0.4, -0.2) is 6.29 Å². The van der Waals surface area contributed by atoms with E-state index in [0.29, 0.717) is 0 Å². The highest BCUT2D eigenvalue weighted by Crippen LogP contribution is 2.09. The minimum absolute atomic E-state index is 0.736. The Hall–Kier alpha value is -1.37. The predicted molar refractivity (Wildman–Crippen MR) is 78.5 cm³/mol. The minimum atomic E-state index is 0.736. The van der Waals surface area contributed by atoms with E-state index in [1.54, 1.807) is 0 Å².